The van der Waals surface area contributed by atoms with Gasteiger partial charge in [-0.15, -0.1) is 0 Å². The molecular weight excluding hydrogens is 266 g/mol. The average molecular weight is 289 g/mol. The third kappa shape index (κ3) is 4.06. The molecule has 1 aromatic heterocycles. The Morgan fingerprint density at radius 2 is 1.90 bits per heavy atom. The number of methoxy groups -OCH3 is 2. The van der Waals surface area contributed by atoms with Gasteiger partial charge < -0.3 is 20.1 Å². The number of rotatable bonds is 8. The Kier molecular flexibility index (Phi) is 5.78. The number of nitrogen functional groups attached to an aromatic ring is 1. The van der Waals surface area contributed by atoms with Crippen molar-refractivity contribution in [3.05, 3.63) is 30.5 Å². The zero-order valence-corrected chi connectivity index (χ0v) is 12.7. The standard InChI is InChI=1S/C16H23N3O2/c1-20-10-3-8-19(9-11-21-2)16-6-7-18-15-12-13(17)4-5-14(15)16/h4-7,12H,3,8-11,17H2,1-2H3. The SMILES string of the molecule is COCCCN(CCOC)c1ccnc2cc(N)ccc12. The van der Waals surface area contributed by atoms with Crippen LogP contribution in [0.4, 0.5) is 11.4 Å². The number of benzene rings is 1. The number of hydrogen-bond donors (Lipinski definition) is 1. The third-order valence-electron chi connectivity index (χ3n) is 3.43. The van der Waals surface area contributed by atoms with E-state index >= 15 is 0 Å². The summed E-state index contributed by atoms with van der Waals surface area (Å²) in [6.45, 7) is 3.19. The fourth-order valence-corrected chi connectivity index (χ4v) is 2.38. The average Bonchev–Trinajstić information content (AvgIpc) is 2.50. The van der Waals surface area contributed by atoms with Crippen molar-refractivity contribution < 1.29 is 9.47 Å². The molecule has 1 aromatic carbocycles. The van der Waals surface area contributed by atoms with Crippen LogP contribution in [-0.2, 0) is 9.47 Å². The van der Waals surface area contributed by atoms with Gasteiger partial charge in [0.1, 0.15) is 0 Å². The van der Waals surface area contributed by atoms with Crippen molar-refractivity contribution in [2.75, 3.05) is 51.2 Å². The van der Waals surface area contributed by atoms with E-state index in [4.69, 9.17) is 15.2 Å². The largest absolute Gasteiger partial charge is 0.399 e. The molecule has 2 aromatic rings. The Morgan fingerprint density at radius 1 is 1.10 bits per heavy atom. The third-order valence-corrected chi connectivity index (χ3v) is 3.43. The molecule has 0 spiro atoms. The lowest BCUT2D eigenvalue weighted by Gasteiger charge is -2.25. The zero-order chi connectivity index (χ0) is 15.1. The minimum absolute atomic E-state index is 0.686. The molecule has 0 saturated heterocycles. The fourth-order valence-electron chi connectivity index (χ4n) is 2.38. The van der Waals surface area contributed by atoms with Crippen LogP contribution in [0.2, 0.25) is 0 Å². The Morgan fingerprint density at radius 3 is 2.67 bits per heavy atom. The van der Waals surface area contributed by atoms with Crippen molar-refractivity contribution >= 4 is 22.3 Å². The van der Waals surface area contributed by atoms with E-state index in [-0.39, 0.29) is 0 Å². The fraction of sp³-hybridized carbons (Fsp3) is 0.438. The molecule has 0 radical (unpaired) electrons. The van der Waals surface area contributed by atoms with Crippen LogP contribution < -0.4 is 10.6 Å². The number of fused-ring (bicyclic) bond motifs is 1. The van der Waals surface area contributed by atoms with Crippen LogP contribution in [0.3, 0.4) is 0 Å². The van der Waals surface area contributed by atoms with Gasteiger partial charge in [0, 0.05) is 56.9 Å². The first-order chi connectivity index (χ1) is 10.3. The molecule has 114 valence electrons. The summed E-state index contributed by atoms with van der Waals surface area (Å²) in [6.07, 6.45) is 2.80. The smallest absolute Gasteiger partial charge is 0.0743 e. The first-order valence-electron chi connectivity index (χ1n) is 7.13. The molecule has 1 heterocycles. The van der Waals surface area contributed by atoms with Gasteiger partial charge in [0.2, 0.25) is 0 Å². The number of aromatic nitrogens is 1. The van der Waals surface area contributed by atoms with Crippen LogP contribution in [0.5, 0.6) is 0 Å². The van der Waals surface area contributed by atoms with Gasteiger partial charge in [0.15, 0.2) is 0 Å². The summed E-state index contributed by atoms with van der Waals surface area (Å²) in [4.78, 5) is 6.71. The predicted molar refractivity (Wildman–Crippen MR) is 86.7 cm³/mol. The Labute approximate surface area is 125 Å². The number of anilines is 2. The lowest BCUT2D eigenvalue weighted by atomic mass is 10.1. The van der Waals surface area contributed by atoms with Crippen LogP contribution >= 0.6 is 0 Å². The Bertz CT molecular complexity index is 574. The second-order valence-electron chi connectivity index (χ2n) is 4.93. The topological polar surface area (TPSA) is 60.6 Å². The van der Waals surface area contributed by atoms with Gasteiger partial charge in [-0.1, -0.05) is 0 Å². The van der Waals surface area contributed by atoms with Crippen LogP contribution in [0, 0.1) is 0 Å². The molecule has 0 unspecified atom stereocenters. The molecule has 0 saturated carbocycles. The lowest BCUT2D eigenvalue weighted by molar-refractivity contribution is 0.191. The first kappa shape index (κ1) is 15.5. The molecule has 0 atom stereocenters. The maximum absolute atomic E-state index is 5.84. The van der Waals surface area contributed by atoms with Gasteiger partial charge in [0.05, 0.1) is 12.1 Å². The van der Waals surface area contributed by atoms with Gasteiger partial charge in [0.25, 0.3) is 0 Å². The number of pyridine rings is 1. The summed E-state index contributed by atoms with van der Waals surface area (Å²) in [5.74, 6) is 0. The van der Waals surface area contributed by atoms with Gasteiger partial charge in [-0.3, -0.25) is 4.98 Å². The molecule has 5 nitrogen and oxygen atoms in total. The Balaban J connectivity index is 2.29. The molecule has 2 N–H and O–H groups in total. The minimum Gasteiger partial charge on any atom is -0.399 e. The van der Waals surface area contributed by atoms with Crippen LogP contribution in [0.15, 0.2) is 30.5 Å². The van der Waals surface area contributed by atoms with Gasteiger partial charge >= 0.3 is 0 Å². The van der Waals surface area contributed by atoms with E-state index < -0.39 is 0 Å². The minimum atomic E-state index is 0.686. The zero-order valence-electron chi connectivity index (χ0n) is 12.7. The van der Waals surface area contributed by atoms with Crippen molar-refractivity contribution in [1.29, 1.82) is 0 Å². The van der Waals surface area contributed by atoms with Crippen LogP contribution in [0.25, 0.3) is 10.9 Å². The lowest BCUT2D eigenvalue weighted by Crippen LogP contribution is -2.29. The molecule has 21 heavy (non-hydrogen) atoms. The molecule has 0 amide bonds. The number of hydrogen-bond acceptors (Lipinski definition) is 5. The highest BCUT2D eigenvalue weighted by atomic mass is 16.5. The highest BCUT2D eigenvalue weighted by molar-refractivity contribution is 5.93. The van der Waals surface area contributed by atoms with E-state index in [0.29, 0.717) is 6.61 Å². The summed E-state index contributed by atoms with van der Waals surface area (Å²) in [7, 11) is 3.45. The maximum atomic E-state index is 5.84. The summed E-state index contributed by atoms with van der Waals surface area (Å²) < 4.78 is 10.4. The quantitative estimate of drug-likeness (QED) is 0.597. The van der Waals surface area contributed by atoms with Crippen molar-refractivity contribution in [1.82, 2.24) is 4.98 Å². The molecule has 0 aliphatic rings. The van der Waals surface area contributed by atoms with E-state index in [9.17, 15) is 0 Å². The summed E-state index contributed by atoms with van der Waals surface area (Å²) in [5, 5.41) is 1.11. The van der Waals surface area contributed by atoms with Crippen molar-refractivity contribution in [3.63, 3.8) is 0 Å². The van der Waals surface area contributed by atoms with E-state index in [1.807, 2.05) is 30.5 Å². The molecule has 0 bridgehead atoms. The van der Waals surface area contributed by atoms with Gasteiger partial charge in [-0.25, -0.2) is 0 Å². The normalized spacial score (nSPS) is 11.0. The monoisotopic (exact) mass is 289 g/mol. The molecular formula is C16H23N3O2. The second kappa shape index (κ2) is 7.81. The van der Waals surface area contributed by atoms with E-state index in [1.165, 1.54) is 0 Å². The molecule has 0 fully saturated rings. The summed E-state index contributed by atoms with van der Waals surface area (Å²) >= 11 is 0. The highest BCUT2D eigenvalue weighted by Crippen LogP contribution is 2.26. The van der Waals surface area contributed by atoms with E-state index in [0.717, 1.165) is 48.4 Å². The predicted octanol–water partition coefficient (Wildman–Crippen LogP) is 2.31. The molecule has 0 aliphatic heterocycles. The van der Waals surface area contributed by atoms with Crippen molar-refractivity contribution in [2.24, 2.45) is 0 Å². The Hall–Kier alpha value is -1.85. The first-order valence-corrected chi connectivity index (χ1v) is 7.13. The summed E-state index contributed by atoms with van der Waals surface area (Å²) in [5.41, 5.74) is 8.65. The molecule has 0 aliphatic carbocycles. The number of ether oxygens (including phenoxy) is 2. The highest BCUT2D eigenvalue weighted by Gasteiger charge is 2.10. The van der Waals surface area contributed by atoms with E-state index in [1.54, 1.807) is 14.2 Å². The van der Waals surface area contributed by atoms with Gasteiger partial charge in [-0.05, 0) is 30.7 Å². The summed E-state index contributed by atoms with van der Waals surface area (Å²) in [6, 6.07) is 7.89. The number of nitrogens with two attached hydrogens (primary N) is 1. The van der Waals surface area contributed by atoms with Crippen molar-refractivity contribution in [3.8, 4) is 0 Å². The second-order valence-corrected chi connectivity index (χ2v) is 4.93. The van der Waals surface area contributed by atoms with Crippen molar-refractivity contribution in [2.45, 2.75) is 6.42 Å². The maximum Gasteiger partial charge on any atom is 0.0743 e. The number of nitrogens with zero attached hydrogens (tertiary/aromatic N) is 2. The molecule has 5 heteroatoms. The molecule has 2 rings (SSSR count). The van der Waals surface area contributed by atoms with Gasteiger partial charge in [-0.2, -0.15) is 0 Å². The van der Waals surface area contributed by atoms with Crippen LogP contribution in [-0.4, -0.2) is 45.5 Å². The van der Waals surface area contributed by atoms with E-state index in [2.05, 4.69) is 9.88 Å². The van der Waals surface area contributed by atoms with Crippen LogP contribution in [0.1, 0.15) is 6.42 Å².